The molecule has 2 N–H and O–H groups in total. The first-order valence-electron chi connectivity index (χ1n) is 5.20. The van der Waals surface area contributed by atoms with Gasteiger partial charge in [0.15, 0.2) is 0 Å². The average molecular weight is 214 g/mol. The Labute approximate surface area is 94.6 Å². The zero-order valence-corrected chi connectivity index (χ0v) is 9.17. The summed E-state index contributed by atoms with van der Waals surface area (Å²) < 4.78 is 0. The fraction of sp³-hybridized carbons (Fsp3) is 0.250. The van der Waals surface area contributed by atoms with Crippen LogP contribution < -0.4 is 5.73 Å². The molecule has 82 valence electrons. The second-order valence-corrected chi connectivity index (χ2v) is 3.63. The van der Waals surface area contributed by atoms with Gasteiger partial charge in [-0.3, -0.25) is 4.98 Å². The van der Waals surface area contributed by atoms with Crippen molar-refractivity contribution in [2.45, 2.75) is 12.8 Å². The second-order valence-electron chi connectivity index (χ2n) is 3.63. The molecule has 4 nitrogen and oxygen atoms in total. The average Bonchev–Trinajstić information content (AvgIpc) is 2.34. The molecule has 0 aliphatic rings. The van der Waals surface area contributed by atoms with Gasteiger partial charge in [0, 0.05) is 37.3 Å². The van der Waals surface area contributed by atoms with E-state index < -0.39 is 0 Å². The maximum absolute atomic E-state index is 5.80. The fourth-order valence-electron chi connectivity index (χ4n) is 1.64. The molecule has 16 heavy (non-hydrogen) atoms. The number of nitrogens with zero attached hydrogens (tertiary/aromatic N) is 3. The van der Waals surface area contributed by atoms with Crippen LogP contribution in [0.4, 0.5) is 0 Å². The maximum Gasteiger partial charge on any atom is 0.125 e. The highest BCUT2D eigenvalue weighted by molar-refractivity contribution is 5.28. The van der Waals surface area contributed by atoms with Gasteiger partial charge >= 0.3 is 0 Å². The summed E-state index contributed by atoms with van der Waals surface area (Å²) in [4.78, 5) is 12.4. The summed E-state index contributed by atoms with van der Waals surface area (Å²) in [5.74, 6) is 0.915. The summed E-state index contributed by atoms with van der Waals surface area (Å²) in [5.41, 5.74) is 7.98. The Morgan fingerprint density at radius 3 is 2.31 bits per heavy atom. The Kier molecular flexibility index (Phi) is 3.22. The van der Waals surface area contributed by atoms with E-state index in [0.717, 1.165) is 17.0 Å². The monoisotopic (exact) mass is 214 g/mol. The zero-order valence-electron chi connectivity index (χ0n) is 9.17. The summed E-state index contributed by atoms with van der Waals surface area (Å²) in [6, 6.07) is 3.94. The number of nitrogens with two attached hydrogens (primary N) is 1. The molecule has 0 aliphatic heterocycles. The first-order chi connectivity index (χ1) is 7.81. The Morgan fingerprint density at radius 2 is 1.75 bits per heavy atom. The van der Waals surface area contributed by atoms with Gasteiger partial charge in [-0.25, -0.2) is 9.97 Å². The smallest absolute Gasteiger partial charge is 0.125 e. The summed E-state index contributed by atoms with van der Waals surface area (Å²) in [7, 11) is 0. The lowest BCUT2D eigenvalue weighted by Crippen LogP contribution is -2.14. The van der Waals surface area contributed by atoms with Gasteiger partial charge in [-0.05, 0) is 30.2 Å². The fourth-order valence-corrected chi connectivity index (χ4v) is 1.64. The van der Waals surface area contributed by atoms with Crippen molar-refractivity contribution in [1.29, 1.82) is 0 Å². The van der Waals surface area contributed by atoms with Gasteiger partial charge in [-0.1, -0.05) is 0 Å². The van der Waals surface area contributed by atoms with Crippen LogP contribution in [0.2, 0.25) is 0 Å². The van der Waals surface area contributed by atoms with E-state index in [1.807, 2.05) is 31.5 Å². The SMILES string of the molecule is Cc1ncc([C@H](CN)c2ccncc2)cn1. The molecule has 0 bridgehead atoms. The molecule has 2 aromatic heterocycles. The minimum Gasteiger partial charge on any atom is -0.330 e. The zero-order chi connectivity index (χ0) is 11.4. The van der Waals surface area contributed by atoms with Crippen LogP contribution in [0.5, 0.6) is 0 Å². The van der Waals surface area contributed by atoms with E-state index in [2.05, 4.69) is 15.0 Å². The molecule has 0 saturated heterocycles. The Morgan fingerprint density at radius 1 is 1.12 bits per heavy atom. The van der Waals surface area contributed by atoms with Crippen LogP contribution in [0.1, 0.15) is 22.9 Å². The quantitative estimate of drug-likeness (QED) is 0.835. The number of aromatic nitrogens is 3. The molecule has 0 aliphatic carbocycles. The van der Waals surface area contributed by atoms with Crippen LogP contribution in [0.25, 0.3) is 0 Å². The van der Waals surface area contributed by atoms with Crippen molar-refractivity contribution in [1.82, 2.24) is 15.0 Å². The number of aryl methyl sites for hydroxylation is 1. The third-order valence-electron chi connectivity index (χ3n) is 2.55. The van der Waals surface area contributed by atoms with Gasteiger partial charge in [-0.2, -0.15) is 0 Å². The third kappa shape index (κ3) is 2.23. The molecule has 0 amide bonds. The lowest BCUT2D eigenvalue weighted by molar-refractivity contribution is 0.798. The van der Waals surface area contributed by atoms with Gasteiger partial charge in [0.2, 0.25) is 0 Å². The second kappa shape index (κ2) is 4.81. The third-order valence-corrected chi connectivity index (χ3v) is 2.55. The van der Waals surface area contributed by atoms with Crippen LogP contribution in [0, 0.1) is 6.92 Å². The van der Waals surface area contributed by atoms with E-state index in [4.69, 9.17) is 5.73 Å². The molecule has 2 rings (SSSR count). The lowest BCUT2D eigenvalue weighted by atomic mass is 9.94. The first kappa shape index (κ1) is 10.7. The van der Waals surface area contributed by atoms with Crippen molar-refractivity contribution in [2.75, 3.05) is 6.54 Å². The molecule has 0 saturated carbocycles. The van der Waals surface area contributed by atoms with Gasteiger partial charge in [0.05, 0.1) is 0 Å². The largest absolute Gasteiger partial charge is 0.330 e. The van der Waals surface area contributed by atoms with Gasteiger partial charge in [0.1, 0.15) is 5.82 Å². The highest BCUT2D eigenvalue weighted by atomic mass is 14.8. The van der Waals surface area contributed by atoms with Crippen molar-refractivity contribution in [2.24, 2.45) is 5.73 Å². The van der Waals surface area contributed by atoms with Crippen LogP contribution in [-0.4, -0.2) is 21.5 Å². The molecule has 0 radical (unpaired) electrons. The predicted octanol–water partition coefficient (Wildman–Crippen LogP) is 1.27. The number of rotatable bonds is 3. The highest BCUT2D eigenvalue weighted by Gasteiger charge is 2.12. The van der Waals surface area contributed by atoms with Crippen LogP contribution in [-0.2, 0) is 0 Å². The summed E-state index contributed by atoms with van der Waals surface area (Å²) in [5, 5.41) is 0. The highest BCUT2D eigenvalue weighted by Crippen LogP contribution is 2.21. The van der Waals surface area contributed by atoms with Crippen LogP contribution in [0.3, 0.4) is 0 Å². The van der Waals surface area contributed by atoms with Gasteiger partial charge in [-0.15, -0.1) is 0 Å². The van der Waals surface area contributed by atoms with Crippen molar-refractivity contribution >= 4 is 0 Å². The molecule has 0 aromatic carbocycles. The summed E-state index contributed by atoms with van der Waals surface area (Å²) >= 11 is 0. The van der Waals surface area contributed by atoms with Crippen LogP contribution in [0.15, 0.2) is 36.9 Å². The molecule has 0 fully saturated rings. The Hall–Kier alpha value is -1.81. The predicted molar refractivity (Wildman–Crippen MR) is 61.9 cm³/mol. The Balaban J connectivity index is 2.33. The van der Waals surface area contributed by atoms with Crippen molar-refractivity contribution in [3.8, 4) is 0 Å². The number of hydrogen-bond donors (Lipinski definition) is 1. The maximum atomic E-state index is 5.80. The minimum atomic E-state index is 0.142. The molecule has 4 heteroatoms. The molecular weight excluding hydrogens is 200 g/mol. The van der Waals surface area contributed by atoms with E-state index >= 15 is 0 Å². The van der Waals surface area contributed by atoms with E-state index in [9.17, 15) is 0 Å². The van der Waals surface area contributed by atoms with E-state index in [1.54, 1.807) is 12.4 Å². The van der Waals surface area contributed by atoms with Gasteiger partial charge < -0.3 is 5.73 Å². The lowest BCUT2D eigenvalue weighted by Gasteiger charge is -2.14. The van der Waals surface area contributed by atoms with Crippen molar-refractivity contribution < 1.29 is 0 Å². The van der Waals surface area contributed by atoms with Crippen molar-refractivity contribution in [3.63, 3.8) is 0 Å². The first-order valence-corrected chi connectivity index (χ1v) is 5.20. The molecule has 1 atom stereocenters. The number of hydrogen-bond acceptors (Lipinski definition) is 4. The number of pyridine rings is 1. The van der Waals surface area contributed by atoms with E-state index in [0.29, 0.717) is 6.54 Å². The molecule has 2 heterocycles. The topological polar surface area (TPSA) is 64.7 Å². The normalized spacial score (nSPS) is 12.4. The standard InChI is InChI=1S/C12H14N4/c1-9-15-7-11(8-16-9)12(6-13)10-2-4-14-5-3-10/h2-5,7-8,12H,6,13H2,1H3/t12-/m1/s1. The van der Waals surface area contributed by atoms with Crippen LogP contribution >= 0.6 is 0 Å². The van der Waals surface area contributed by atoms with E-state index in [-0.39, 0.29) is 5.92 Å². The molecule has 0 unspecified atom stereocenters. The minimum absolute atomic E-state index is 0.142. The Bertz CT molecular complexity index is 438. The van der Waals surface area contributed by atoms with Crippen molar-refractivity contribution in [3.05, 3.63) is 53.9 Å². The van der Waals surface area contributed by atoms with E-state index in [1.165, 1.54) is 0 Å². The molecular formula is C12H14N4. The summed E-state index contributed by atoms with van der Waals surface area (Å²) in [6.07, 6.45) is 7.21. The molecule has 0 spiro atoms. The summed E-state index contributed by atoms with van der Waals surface area (Å²) in [6.45, 7) is 2.41. The molecule has 2 aromatic rings. The van der Waals surface area contributed by atoms with Gasteiger partial charge in [0.25, 0.3) is 0 Å².